The summed E-state index contributed by atoms with van der Waals surface area (Å²) in [6.45, 7) is -0.202. The highest BCUT2D eigenvalue weighted by molar-refractivity contribution is 7.97. The zero-order valence-corrected chi connectivity index (χ0v) is 18.3. The molecule has 0 radical (unpaired) electrons. The molecule has 158 valence electrons. The quantitative estimate of drug-likeness (QED) is 0.223. The Morgan fingerprint density at radius 1 is 0.581 bits per heavy atom. The Morgan fingerprint density at radius 3 is 1.23 bits per heavy atom. The molecule has 0 aliphatic rings. The maximum absolute atomic E-state index is 10.0. The van der Waals surface area contributed by atoms with E-state index in [1.54, 1.807) is 30.3 Å². The van der Waals surface area contributed by atoms with E-state index in [2.05, 4.69) is 95.2 Å². The highest BCUT2D eigenvalue weighted by atomic mass is 32.3. The zero-order valence-electron chi connectivity index (χ0n) is 16.7. The number of benzene rings is 4. The topological polar surface area (TPSA) is 66.4 Å². The highest BCUT2D eigenvalue weighted by Gasteiger charge is 2.27. The van der Waals surface area contributed by atoms with Gasteiger partial charge < -0.3 is 4.55 Å². The van der Waals surface area contributed by atoms with Crippen LogP contribution in [0, 0.1) is 0 Å². The highest BCUT2D eigenvalue weighted by Crippen LogP contribution is 2.30. The number of rotatable bonds is 6. The molecular formula is C25H22O4S2. The lowest BCUT2D eigenvalue weighted by Crippen LogP contribution is -2.04. The summed E-state index contributed by atoms with van der Waals surface area (Å²) in [7, 11) is -4.59. The predicted octanol–water partition coefficient (Wildman–Crippen LogP) is 5.45. The van der Waals surface area contributed by atoms with Gasteiger partial charge in [-0.2, -0.15) is 0 Å². The Hall–Kier alpha value is -2.90. The molecule has 31 heavy (non-hydrogen) atoms. The van der Waals surface area contributed by atoms with Crippen LogP contribution in [-0.4, -0.2) is 13.0 Å². The van der Waals surface area contributed by atoms with E-state index in [9.17, 15) is 13.0 Å². The second-order valence-electron chi connectivity index (χ2n) is 6.40. The van der Waals surface area contributed by atoms with Crippen molar-refractivity contribution < 1.29 is 17.2 Å². The summed E-state index contributed by atoms with van der Waals surface area (Å²) in [5.41, 5.74) is 0.650. The molecule has 0 aliphatic carbocycles. The monoisotopic (exact) mass is 450 g/mol. The van der Waals surface area contributed by atoms with E-state index in [0.29, 0.717) is 5.56 Å². The first-order valence-corrected chi connectivity index (χ1v) is 12.1. The van der Waals surface area contributed by atoms with E-state index in [1.807, 2.05) is 0 Å². The molecule has 6 heteroatoms. The van der Waals surface area contributed by atoms with Gasteiger partial charge in [-0.05, 0) is 42.0 Å². The van der Waals surface area contributed by atoms with Crippen molar-refractivity contribution in [1.82, 2.24) is 0 Å². The van der Waals surface area contributed by atoms with E-state index in [-0.39, 0.29) is 17.5 Å². The normalized spacial score (nSPS) is 10.9. The molecule has 0 spiro atoms. The predicted molar refractivity (Wildman–Crippen MR) is 122 cm³/mol. The van der Waals surface area contributed by atoms with Crippen LogP contribution >= 0.6 is 0 Å². The van der Waals surface area contributed by atoms with Crippen molar-refractivity contribution in [3.63, 3.8) is 0 Å². The van der Waals surface area contributed by atoms with Crippen LogP contribution in [0.5, 0.6) is 0 Å². The molecule has 0 saturated heterocycles. The molecule has 4 nitrogen and oxygen atoms in total. The van der Waals surface area contributed by atoms with Crippen LogP contribution in [0.25, 0.3) is 0 Å². The van der Waals surface area contributed by atoms with Crippen LogP contribution in [-0.2, 0) is 32.1 Å². The number of hydrogen-bond donors (Lipinski definition) is 0. The van der Waals surface area contributed by atoms with Crippen molar-refractivity contribution in [3.8, 4) is 0 Å². The van der Waals surface area contributed by atoms with Crippen LogP contribution in [0.3, 0.4) is 0 Å². The zero-order chi connectivity index (χ0) is 21.9. The molecule has 0 amide bonds. The molecule has 0 fully saturated rings. The number of hydrogen-bond acceptors (Lipinski definition) is 4. The second-order valence-corrected chi connectivity index (χ2v) is 9.48. The van der Waals surface area contributed by atoms with Gasteiger partial charge in [0, 0.05) is 0 Å². The maximum atomic E-state index is 10.0. The second kappa shape index (κ2) is 11.5. The molecule has 0 atom stereocenters. The average Bonchev–Trinajstić information content (AvgIpc) is 2.81. The Balaban J connectivity index is 0.000000196. The molecule has 4 aromatic rings. The van der Waals surface area contributed by atoms with E-state index >= 15 is 0 Å². The fourth-order valence-electron chi connectivity index (χ4n) is 2.79. The lowest BCUT2D eigenvalue weighted by atomic mass is 10.2. The van der Waals surface area contributed by atoms with E-state index in [1.165, 1.54) is 14.7 Å². The molecule has 0 heterocycles. The third-order valence-corrected chi connectivity index (χ3v) is 6.79. The molecule has 0 saturated carbocycles. The van der Waals surface area contributed by atoms with Crippen molar-refractivity contribution >= 4 is 21.3 Å². The van der Waals surface area contributed by atoms with Gasteiger partial charge in [0.15, 0.2) is 14.7 Å². The fourth-order valence-corrected chi connectivity index (χ4v) is 5.18. The first-order chi connectivity index (χ1) is 15.0. The molecule has 0 aliphatic heterocycles. The van der Waals surface area contributed by atoms with E-state index in [4.69, 9.17) is 0 Å². The molecule has 0 aromatic heterocycles. The van der Waals surface area contributed by atoms with Crippen molar-refractivity contribution in [2.75, 3.05) is 0 Å². The summed E-state index contributed by atoms with van der Waals surface area (Å²) in [6.07, 6.45) is 0. The van der Waals surface area contributed by atoms with Crippen molar-refractivity contribution in [2.24, 2.45) is 0 Å². The van der Waals surface area contributed by atoms with Crippen LogP contribution in [0.2, 0.25) is 0 Å². The maximum Gasteiger partial charge on any atom is 0.217 e. The van der Waals surface area contributed by atoms with Gasteiger partial charge in [-0.15, -0.1) is 0 Å². The molecule has 0 N–H and O–H groups in total. The molecule has 4 rings (SSSR count). The van der Waals surface area contributed by atoms with Gasteiger partial charge in [0.25, 0.3) is 0 Å². The van der Waals surface area contributed by atoms with E-state index < -0.39 is 10.4 Å². The molecule has 0 bridgehead atoms. The van der Waals surface area contributed by atoms with Gasteiger partial charge in [-0.3, -0.25) is 4.18 Å². The van der Waals surface area contributed by atoms with E-state index in [0.717, 1.165) is 0 Å². The minimum atomic E-state index is -4.57. The molecule has 4 aromatic carbocycles. The summed E-state index contributed by atoms with van der Waals surface area (Å²) in [4.78, 5) is 4.08. The average molecular weight is 451 g/mol. The third kappa shape index (κ3) is 7.70. The summed E-state index contributed by atoms with van der Waals surface area (Å²) in [5, 5.41) is 0. The van der Waals surface area contributed by atoms with Gasteiger partial charge in [0.1, 0.15) is 0 Å². The van der Waals surface area contributed by atoms with Crippen molar-refractivity contribution in [3.05, 3.63) is 127 Å². The molecular weight excluding hydrogens is 428 g/mol. The minimum absolute atomic E-state index is 0.0146. The smallest absolute Gasteiger partial charge is 0.217 e. The van der Waals surface area contributed by atoms with Crippen molar-refractivity contribution in [1.29, 1.82) is 0 Å². The Morgan fingerprint density at radius 2 is 0.903 bits per heavy atom. The van der Waals surface area contributed by atoms with Gasteiger partial charge in [-0.25, -0.2) is 8.42 Å². The van der Waals surface area contributed by atoms with Gasteiger partial charge in [0.05, 0.1) is 17.5 Å². The van der Waals surface area contributed by atoms with Crippen LogP contribution in [0.4, 0.5) is 0 Å². The first kappa shape index (κ1) is 22.8. The fraction of sp³-hybridized carbons (Fsp3) is 0.0400. The summed E-state index contributed by atoms with van der Waals surface area (Å²) in [5.74, 6) is 0. The third-order valence-electron chi connectivity index (χ3n) is 4.15. The van der Waals surface area contributed by atoms with Gasteiger partial charge in [-0.1, -0.05) is 84.9 Å². The standard InChI is InChI=1S/C18H15S.C7H8O4S/c1-4-10-16(11-5-1)19(17-12-6-2-7-13-17)18-14-8-3-9-15-18;8-12(9,10)11-6-7-4-2-1-3-5-7/h1-15H;1-5H,6H2,(H,8,9,10)/q+1;/p-1. The van der Waals surface area contributed by atoms with Crippen molar-refractivity contribution in [2.45, 2.75) is 21.3 Å². The Kier molecular flexibility index (Phi) is 8.44. The summed E-state index contributed by atoms with van der Waals surface area (Å²) >= 11 is 0. The Labute approximate surface area is 186 Å². The summed E-state index contributed by atoms with van der Waals surface area (Å²) in [6, 6.07) is 40.7. The van der Waals surface area contributed by atoms with Crippen LogP contribution in [0.1, 0.15) is 5.56 Å². The van der Waals surface area contributed by atoms with Crippen LogP contribution in [0.15, 0.2) is 136 Å². The van der Waals surface area contributed by atoms with Crippen LogP contribution < -0.4 is 0 Å². The minimum Gasteiger partial charge on any atom is -0.726 e. The van der Waals surface area contributed by atoms with Gasteiger partial charge >= 0.3 is 0 Å². The first-order valence-electron chi connectivity index (χ1n) is 9.56. The lowest BCUT2D eigenvalue weighted by molar-refractivity contribution is 0.253. The summed E-state index contributed by atoms with van der Waals surface area (Å²) < 4.78 is 34.1. The Bertz CT molecular complexity index is 1040. The largest absolute Gasteiger partial charge is 0.726 e. The molecule has 0 unspecified atom stereocenters. The SMILES string of the molecule is O=S(=O)([O-])OCc1ccccc1.c1ccc([S+](c2ccccc2)c2ccccc2)cc1. The lowest BCUT2D eigenvalue weighted by Gasteiger charge is -2.07. The van der Waals surface area contributed by atoms with Gasteiger partial charge in [0.2, 0.25) is 10.4 Å².